The van der Waals surface area contributed by atoms with Gasteiger partial charge in [0.05, 0.1) is 13.2 Å². The van der Waals surface area contributed by atoms with Gasteiger partial charge in [-0.05, 0) is 37.5 Å². The fourth-order valence-corrected chi connectivity index (χ4v) is 3.10. The van der Waals surface area contributed by atoms with Crippen molar-refractivity contribution in [3.63, 3.8) is 0 Å². The predicted molar refractivity (Wildman–Crippen MR) is 103 cm³/mol. The summed E-state index contributed by atoms with van der Waals surface area (Å²) in [6.07, 6.45) is 2.11. The molecule has 0 saturated heterocycles. The Bertz CT molecular complexity index is 610. The monoisotopic (exact) mass is 345 g/mol. The minimum Gasteiger partial charge on any atom is -0.377 e. The second-order valence-electron chi connectivity index (χ2n) is 5.61. The molecule has 2 N–H and O–H groups in total. The molecular weight excluding hydrogens is 318 g/mol. The summed E-state index contributed by atoms with van der Waals surface area (Å²) < 4.78 is 5.69. The van der Waals surface area contributed by atoms with E-state index in [1.165, 1.54) is 15.3 Å². The number of aliphatic imine (C=N–C) groups is 1. The average Bonchev–Trinajstić information content (AvgIpc) is 3.03. The van der Waals surface area contributed by atoms with Gasteiger partial charge in [-0.15, -0.1) is 11.3 Å². The summed E-state index contributed by atoms with van der Waals surface area (Å²) in [5.74, 6) is 0.853. The van der Waals surface area contributed by atoms with Gasteiger partial charge in [-0.1, -0.05) is 30.3 Å². The van der Waals surface area contributed by atoms with Gasteiger partial charge in [-0.25, -0.2) is 0 Å². The Morgan fingerprint density at radius 2 is 1.92 bits per heavy atom. The Morgan fingerprint density at radius 1 is 1.08 bits per heavy atom. The first-order chi connectivity index (χ1) is 11.8. The highest BCUT2D eigenvalue weighted by Gasteiger charge is 2.00. The van der Waals surface area contributed by atoms with Gasteiger partial charge in [0.2, 0.25) is 0 Å². The van der Waals surface area contributed by atoms with Crippen LogP contribution in [-0.4, -0.2) is 26.2 Å². The SMILES string of the molecule is CN=C(NCCCCOCc1ccccc1)NCc1ccc(C)s1. The molecule has 0 aliphatic carbocycles. The fourth-order valence-electron chi connectivity index (χ4n) is 2.27. The van der Waals surface area contributed by atoms with Crippen molar-refractivity contribution in [2.75, 3.05) is 20.2 Å². The van der Waals surface area contributed by atoms with Crippen LogP contribution in [-0.2, 0) is 17.9 Å². The van der Waals surface area contributed by atoms with E-state index in [0.29, 0.717) is 6.61 Å². The first-order valence-corrected chi connectivity index (χ1v) is 9.21. The van der Waals surface area contributed by atoms with E-state index in [-0.39, 0.29) is 0 Å². The minimum atomic E-state index is 0.692. The topological polar surface area (TPSA) is 45.7 Å². The van der Waals surface area contributed by atoms with Crippen LogP contribution in [0.15, 0.2) is 47.5 Å². The molecule has 2 aromatic rings. The highest BCUT2D eigenvalue weighted by Crippen LogP contribution is 2.14. The van der Waals surface area contributed by atoms with Crippen LogP contribution in [0.3, 0.4) is 0 Å². The molecule has 2 rings (SSSR count). The number of ether oxygens (including phenoxy) is 1. The van der Waals surface area contributed by atoms with Crippen molar-refractivity contribution in [2.24, 2.45) is 4.99 Å². The maximum atomic E-state index is 5.69. The number of nitrogens with zero attached hydrogens (tertiary/aromatic N) is 1. The van der Waals surface area contributed by atoms with Crippen LogP contribution >= 0.6 is 11.3 Å². The van der Waals surface area contributed by atoms with E-state index in [1.807, 2.05) is 29.5 Å². The summed E-state index contributed by atoms with van der Waals surface area (Å²) in [5, 5.41) is 6.68. The molecule has 1 heterocycles. The van der Waals surface area contributed by atoms with Crippen molar-refractivity contribution in [1.82, 2.24) is 10.6 Å². The standard InChI is InChI=1S/C19H27N3OS/c1-16-10-11-18(24-16)14-22-19(20-2)21-12-6-7-13-23-15-17-8-4-3-5-9-17/h3-5,8-11H,6-7,12-15H2,1-2H3,(H2,20,21,22). The molecule has 1 aromatic carbocycles. The smallest absolute Gasteiger partial charge is 0.191 e. The Balaban J connectivity index is 1.51. The van der Waals surface area contributed by atoms with Crippen molar-refractivity contribution < 1.29 is 4.74 Å². The van der Waals surface area contributed by atoms with E-state index >= 15 is 0 Å². The molecule has 0 aliphatic heterocycles. The van der Waals surface area contributed by atoms with Gasteiger partial charge in [-0.3, -0.25) is 4.99 Å². The number of thiophene rings is 1. The molecular formula is C19H27N3OS. The molecule has 0 radical (unpaired) electrons. The van der Waals surface area contributed by atoms with Crippen LogP contribution in [0.4, 0.5) is 0 Å². The lowest BCUT2D eigenvalue weighted by Gasteiger charge is -2.11. The van der Waals surface area contributed by atoms with Crippen LogP contribution in [0.1, 0.15) is 28.2 Å². The normalized spacial score (nSPS) is 11.5. The van der Waals surface area contributed by atoms with E-state index in [2.05, 4.69) is 46.8 Å². The zero-order chi connectivity index (χ0) is 17.0. The Kier molecular flexibility index (Phi) is 8.35. The molecule has 0 saturated carbocycles. The molecule has 0 bridgehead atoms. The quantitative estimate of drug-likeness (QED) is 0.414. The number of nitrogens with one attached hydrogen (secondary N) is 2. The van der Waals surface area contributed by atoms with Gasteiger partial charge >= 0.3 is 0 Å². The first-order valence-electron chi connectivity index (χ1n) is 8.39. The number of benzene rings is 1. The van der Waals surface area contributed by atoms with Crippen molar-refractivity contribution in [3.8, 4) is 0 Å². The second-order valence-corrected chi connectivity index (χ2v) is 6.98. The number of guanidine groups is 1. The van der Waals surface area contributed by atoms with Crippen LogP contribution in [0.5, 0.6) is 0 Å². The highest BCUT2D eigenvalue weighted by molar-refractivity contribution is 7.11. The molecule has 5 heteroatoms. The summed E-state index contributed by atoms with van der Waals surface area (Å²) in [4.78, 5) is 6.91. The highest BCUT2D eigenvalue weighted by atomic mass is 32.1. The molecule has 0 atom stereocenters. The third-order valence-corrected chi connectivity index (χ3v) is 4.57. The maximum absolute atomic E-state index is 5.69. The van der Waals surface area contributed by atoms with Crippen LogP contribution in [0.25, 0.3) is 0 Å². The number of hydrogen-bond donors (Lipinski definition) is 2. The largest absolute Gasteiger partial charge is 0.377 e. The van der Waals surface area contributed by atoms with Crippen LogP contribution in [0.2, 0.25) is 0 Å². The van der Waals surface area contributed by atoms with Crippen molar-refractivity contribution in [2.45, 2.75) is 32.9 Å². The van der Waals surface area contributed by atoms with E-state index in [1.54, 1.807) is 7.05 Å². The summed E-state index contributed by atoms with van der Waals surface area (Å²) in [5.41, 5.74) is 1.23. The van der Waals surface area contributed by atoms with Crippen molar-refractivity contribution in [3.05, 3.63) is 57.8 Å². The summed E-state index contributed by atoms with van der Waals surface area (Å²) in [6.45, 7) is 5.33. The lowest BCUT2D eigenvalue weighted by Crippen LogP contribution is -2.37. The summed E-state index contributed by atoms with van der Waals surface area (Å²) in [6, 6.07) is 14.6. The molecule has 0 fully saturated rings. The average molecular weight is 346 g/mol. The molecule has 0 unspecified atom stereocenters. The fraction of sp³-hybridized carbons (Fsp3) is 0.421. The maximum Gasteiger partial charge on any atom is 0.191 e. The number of rotatable bonds is 9. The predicted octanol–water partition coefficient (Wildman–Crippen LogP) is 3.72. The van der Waals surface area contributed by atoms with Gasteiger partial charge in [0.25, 0.3) is 0 Å². The second kappa shape index (κ2) is 10.8. The summed E-state index contributed by atoms with van der Waals surface area (Å²) >= 11 is 1.81. The molecule has 130 valence electrons. The van der Waals surface area contributed by atoms with Crippen molar-refractivity contribution >= 4 is 17.3 Å². The van der Waals surface area contributed by atoms with E-state index in [4.69, 9.17) is 4.74 Å². The lowest BCUT2D eigenvalue weighted by atomic mass is 10.2. The van der Waals surface area contributed by atoms with E-state index in [0.717, 1.165) is 38.5 Å². The molecule has 24 heavy (non-hydrogen) atoms. The number of hydrogen-bond acceptors (Lipinski definition) is 3. The lowest BCUT2D eigenvalue weighted by molar-refractivity contribution is 0.117. The molecule has 0 amide bonds. The zero-order valence-corrected chi connectivity index (χ0v) is 15.4. The molecule has 4 nitrogen and oxygen atoms in total. The van der Waals surface area contributed by atoms with Crippen molar-refractivity contribution in [1.29, 1.82) is 0 Å². The van der Waals surface area contributed by atoms with Gasteiger partial charge in [-0.2, -0.15) is 0 Å². The molecule has 0 spiro atoms. The summed E-state index contributed by atoms with van der Waals surface area (Å²) in [7, 11) is 1.80. The Hall–Kier alpha value is -1.85. The Labute approximate surface area is 149 Å². The van der Waals surface area contributed by atoms with E-state index in [9.17, 15) is 0 Å². The Morgan fingerprint density at radius 3 is 2.62 bits per heavy atom. The zero-order valence-electron chi connectivity index (χ0n) is 14.5. The van der Waals surface area contributed by atoms with Crippen LogP contribution in [0, 0.1) is 6.92 Å². The van der Waals surface area contributed by atoms with Gasteiger partial charge < -0.3 is 15.4 Å². The number of unbranched alkanes of at least 4 members (excludes halogenated alkanes) is 1. The van der Waals surface area contributed by atoms with Gasteiger partial charge in [0.15, 0.2) is 5.96 Å². The minimum absolute atomic E-state index is 0.692. The number of aryl methyl sites for hydroxylation is 1. The van der Waals surface area contributed by atoms with E-state index < -0.39 is 0 Å². The third-order valence-electron chi connectivity index (χ3n) is 3.57. The third kappa shape index (κ3) is 7.15. The molecule has 0 aliphatic rings. The van der Waals surface area contributed by atoms with Crippen LogP contribution < -0.4 is 10.6 Å². The van der Waals surface area contributed by atoms with Gasteiger partial charge in [0, 0.05) is 30.0 Å². The molecule has 1 aromatic heterocycles. The first kappa shape index (κ1) is 18.5. The van der Waals surface area contributed by atoms with Gasteiger partial charge in [0.1, 0.15) is 0 Å².